The number of benzene rings is 1. The Morgan fingerprint density at radius 1 is 1.57 bits per heavy atom. The molecule has 1 nitrogen and oxygen atoms in total. The predicted octanol–water partition coefficient (Wildman–Crippen LogP) is 4.06. The van der Waals surface area contributed by atoms with E-state index >= 15 is 0 Å². The van der Waals surface area contributed by atoms with Crippen LogP contribution in [0.3, 0.4) is 0 Å². The van der Waals surface area contributed by atoms with E-state index in [0.29, 0.717) is 11.0 Å². The van der Waals surface area contributed by atoms with E-state index in [0.717, 1.165) is 11.3 Å². The zero-order chi connectivity index (χ0) is 10.6. The van der Waals surface area contributed by atoms with Gasteiger partial charge in [-0.1, -0.05) is 17.7 Å². The van der Waals surface area contributed by atoms with Gasteiger partial charge in [0.15, 0.2) is 0 Å². The summed E-state index contributed by atoms with van der Waals surface area (Å²) in [5, 5.41) is 3.05. The smallest absolute Gasteiger partial charge is 0.139 e. The summed E-state index contributed by atoms with van der Waals surface area (Å²) < 4.78 is 13.6. The molecule has 0 aliphatic rings. The van der Waals surface area contributed by atoms with Gasteiger partial charge in [0, 0.05) is 17.8 Å². The number of halogens is 3. The highest BCUT2D eigenvalue weighted by atomic mass is 79.9. The molecule has 0 aromatic heterocycles. The summed E-state index contributed by atoms with van der Waals surface area (Å²) in [5.41, 5.74) is 3.19. The van der Waals surface area contributed by atoms with Gasteiger partial charge in [0.05, 0.1) is 4.47 Å². The highest BCUT2D eigenvalue weighted by Crippen LogP contribution is 2.23. The first-order valence-corrected chi connectivity index (χ1v) is 5.33. The number of anilines is 1. The maximum absolute atomic E-state index is 13.1. The van der Waals surface area contributed by atoms with Crippen molar-refractivity contribution >= 4 is 33.2 Å². The van der Waals surface area contributed by atoms with Gasteiger partial charge >= 0.3 is 0 Å². The van der Waals surface area contributed by atoms with Crippen LogP contribution >= 0.6 is 27.5 Å². The molecule has 1 rings (SSSR count). The van der Waals surface area contributed by atoms with Gasteiger partial charge in [-0.3, -0.25) is 0 Å². The molecule has 1 aromatic rings. The third-order valence-electron chi connectivity index (χ3n) is 1.77. The molecule has 0 fully saturated rings. The largest absolute Gasteiger partial charge is 0.381 e. The van der Waals surface area contributed by atoms with Gasteiger partial charge < -0.3 is 5.32 Å². The van der Waals surface area contributed by atoms with E-state index in [-0.39, 0.29) is 5.82 Å². The first-order chi connectivity index (χ1) is 6.65. The molecule has 14 heavy (non-hydrogen) atoms. The molecular weight excluding hydrogens is 268 g/mol. The van der Waals surface area contributed by atoms with Crippen molar-refractivity contribution in [3.8, 4) is 0 Å². The molecule has 0 radical (unpaired) electrons. The van der Waals surface area contributed by atoms with Crippen LogP contribution in [0.5, 0.6) is 0 Å². The second kappa shape index (κ2) is 5.37. The lowest BCUT2D eigenvalue weighted by Crippen LogP contribution is -2.00. The van der Waals surface area contributed by atoms with Crippen molar-refractivity contribution < 1.29 is 4.39 Å². The average Bonchev–Trinajstić information content (AvgIpc) is 2.14. The second-order valence-corrected chi connectivity index (χ2v) is 3.93. The maximum atomic E-state index is 13.1. The van der Waals surface area contributed by atoms with Crippen LogP contribution < -0.4 is 5.32 Å². The summed E-state index contributed by atoms with van der Waals surface area (Å²) >= 11 is 8.49. The normalized spacial score (nSPS) is 10.9. The molecule has 0 aliphatic heterocycles. The minimum absolute atomic E-state index is 0.270. The van der Waals surface area contributed by atoms with E-state index < -0.39 is 0 Å². The highest BCUT2D eigenvalue weighted by Gasteiger charge is 2.03. The SMILES string of the molecule is Cc1cc(Br)c(F)cc1NC/C=C/Cl. The fourth-order valence-electron chi connectivity index (χ4n) is 1.05. The molecule has 0 saturated heterocycles. The summed E-state index contributed by atoms with van der Waals surface area (Å²) in [6.07, 6.45) is 1.75. The number of nitrogens with one attached hydrogen (secondary N) is 1. The molecule has 0 heterocycles. The van der Waals surface area contributed by atoms with Crippen LogP contribution in [0, 0.1) is 12.7 Å². The zero-order valence-electron chi connectivity index (χ0n) is 7.65. The Bertz CT molecular complexity index is 352. The van der Waals surface area contributed by atoms with E-state index in [1.807, 2.05) is 6.92 Å². The van der Waals surface area contributed by atoms with Crippen molar-refractivity contribution in [3.63, 3.8) is 0 Å². The molecule has 1 aromatic carbocycles. The van der Waals surface area contributed by atoms with Gasteiger partial charge in [-0.2, -0.15) is 0 Å². The molecule has 0 atom stereocenters. The van der Waals surface area contributed by atoms with Crippen molar-refractivity contribution in [2.24, 2.45) is 0 Å². The Kier molecular flexibility index (Phi) is 4.42. The Morgan fingerprint density at radius 3 is 2.93 bits per heavy atom. The lowest BCUT2D eigenvalue weighted by molar-refractivity contribution is 0.621. The Hall–Kier alpha value is -0.540. The van der Waals surface area contributed by atoms with Gasteiger partial charge in [-0.25, -0.2) is 4.39 Å². The topological polar surface area (TPSA) is 12.0 Å². The molecule has 0 spiro atoms. The fourth-order valence-corrected chi connectivity index (χ4v) is 1.60. The summed E-state index contributed by atoms with van der Waals surface area (Å²) in [6.45, 7) is 2.50. The van der Waals surface area contributed by atoms with E-state index in [2.05, 4.69) is 21.2 Å². The predicted molar refractivity (Wildman–Crippen MR) is 62.3 cm³/mol. The lowest BCUT2D eigenvalue weighted by atomic mass is 10.2. The summed E-state index contributed by atoms with van der Waals surface area (Å²) in [4.78, 5) is 0. The van der Waals surface area contributed by atoms with Gasteiger partial charge in [-0.05, 0) is 40.5 Å². The van der Waals surface area contributed by atoms with E-state index in [1.54, 1.807) is 12.1 Å². The monoisotopic (exact) mass is 277 g/mol. The van der Waals surface area contributed by atoms with E-state index in [4.69, 9.17) is 11.6 Å². The van der Waals surface area contributed by atoms with Crippen LogP contribution in [-0.2, 0) is 0 Å². The molecule has 0 saturated carbocycles. The molecule has 0 unspecified atom stereocenters. The van der Waals surface area contributed by atoms with E-state index in [1.165, 1.54) is 11.6 Å². The van der Waals surface area contributed by atoms with Crippen molar-refractivity contribution in [2.75, 3.05) is 11.9 Å². The van der Waals surface area contributed by atoms with Crippen molar-refractivity contribution in [1.29, 1.82) is 0 Å². The van der Waals surface area contributed by atoms with Crippen molar-refractivity contribution in [3.05, 3.63) is 39.6 Å². The number of rotatable bonds is 3. The van der Waals surface area contributed by atoms with Crippen LogP contribution in [0.4, 0.5) is 10.1 Å². The summed E-state index contributed by atoms with van der Waals surface area (Å²) in [7, 11) is 0. The fraction of sp³-hybridized carbons (Fsp3) is 0.200. The molecule has 0 aliphatic carbocycles. The van der Waals surface area contributed by atoms with Crippen molar-refractivity contribution in [1.82, 2.24) is 0 Å². The Balaban J connectivity index is 2.81. The molecule has 1 N–H and O–H groups in total. The van der Waals surface area contributed by atoms with E-state index in [9.17, 15) is 4.39 Å². The molecule has 76 valence electrons. The van der Waals surface area contributed by atoms with Gasteiger partial charge in [-0.15, -0.1) is 0 Å². The van der Waals surface area contributed by atoms with Gasteiger partial charge in [0.2, 0.25) is 0 Å². The first kappa shape index (κ1) is 11.5. The van der Waals surface area contributed by atoms with Crippen molar-refractivity contribution in [2.45, 2.75) is 6.92 Å². The zero-order valence-corrected chi connectivity index (χ0v) is 9.99. The Morgan fingerprint density at radius 2 is 2.29 bits per heavy atom. The van der Waals surface area contributed by atoms with Crippen LogP contribution in [0.25, 0.3) is 0 Å². The maximum Gasteiger partial charge on any atom is 0.139 e. The minimum Gasteiger partial charge on any atom is -0.381 e. The van der Waals surface area contributed by atoms with Crippen LogP contribution in [-0.4, -0.2) is 6.54 Å². The molecule has 0 amide bonds. The minimum atomic E-state index is -0.270. The third kappa shape index (κ3) is 3.00. The number of hydrogen-bond donors (Lipinski definition) is 1. The van der Waals surface area contributed by atoms with Crippen LogP contribution in [0.1, 0.15) is 5.56 Å². The Labute approximate surface area is 96.1 Å². The molecule has 4 heteroatoms. The average molecular weight is 279 g/mol. The van der Waals surface area contributed by atoms with Crippen LogP contribution in [0.15, 0.2) is 28.2 Å². The third-order valence-corrected chi connectivity index (χ3v) is 2.55. The summed E-state index contributed by atoms with van der Waals surface area (Å²) in [5.74, 6) is -0.270. The second-order valence-electron chi connectivity index (χ2n) is 2.82. The number of aryl methyl sites for hydroxylation is 1. The highest BCUT2D eigenvalue weighted by molar-refractivity contribution is 9.10. The van der Waals surface area contributed by atoms with Gasteiger partial charge in [0.25, 0.3) is 0 Å². The van der Waals surface area contributed by atoms with Gasteiger partial charge in [0.1, 0.15) is 5.82 Å². The first-order valence-electron chi connectivity index (χ1n) is 4.10. The number of hydrogen-bond acceptors (Lipinski definition) is 1. The molecular formula is C10H10BrClFN. The lowest BCUT2D eigenvalue weighted by Gasteiger charge is -2.08. The molecule has 0 bridgehead atoms. The standard InChI is InChI=1S/C10H10BrClFN/c1-7-5-8(11)9(13)6-10(7)14-4-2-3-12/h2-3,5-6,14H,4H2,1H3/b3-2+. The quantitative estimate of drug-likeness (QED) is 0.879. The van der Waals surface area contributed by atoms with Crippen LogP contribution in [0.2, 0.25) is 0 Å². The summed E-state index contributed by atoms with van der Waals surface area (Å²) in [6, 6.07) is 3.20.